The number of nitrogens with zero attached hydrogens (tertiary/aromatic N) is 3. The highest BCUT2D eigenvalue weighted by atomic mass is 16.7. The minimum atomic E-state index is -0.348. The number of nitrogens with one attached hydrogen (secondary N) is 1. The quantitative estimate of drug-likeness (QED) is 0.599. The predicted molar refractivity (Wildman–Crippen MR) is 108 cm³/mol. The summed E-state index contributed by atoms with van der Waals surface area (Å²) in [5.41, 5.74) is 3.77. The fourth-order valence-corrected chi connectivity index (χ4v) is 2.78. The summed E-state index contributed by atoms with van der Waals surface area (Å²) in [5, 5.41) is 3.22. The molecule has 2 heterocycles. The van der Waals surface area contributed by atoms with E-state index in [2.05, 4.69) is 26.3 Å². The zero-order valence-corrected chi connectivity index (χ0v) is 16.5. The second-order valence-corrected chi connectivity index (χ2v) is 6.16. The summed E-state index contributed by atoms with van der Waals surface area (Å²) >= 11 is 0. The van der Waals surface area contributed by atoms with Gasteiger partial charge < -0.3 is 19.5 Å². The maximum Gasteiger partial charge on any atom is 0.173 e. The fourth-order valence-electron chi connectivity index (χ4n) is 2.78. The van der Waals surface area contributed by atoms with Crippen molar-refractivity contribution >= 4 is 5.82 Å². The van der Waals surface area contributed by atoms with Crippen LogP contribution in [0.1, 0.15) is 5.82 Å². The van der Waals surface area contributed by atoms with Gasteiger partial charge in [-0.2, -0.15) is 0 Å². The van der Waals surface area contributed by atoms with Crippen LogP contribution < -0.4 is 10.1 Å². The lowest BCUT2D eigenvalue weighted by molar-refractivity contribution is -0.0914. The molecule has 0 spiro atoms. The Kier molecular flexibility index (Phi) is 6.52. The van der Waals surface area contributed by atoms with E-state index >= 15 is 0 Å². The third-order valence-corrected chi connectivity index (χ3v) is 4.27. The normalized spacial score (nSPS) is 10.9. The predicted octanol–water partition coefficient (Wildman–Crippen LogP) is 3.55. The molecule has 7 nitrogen and oxygen atoms in total. The Morgan fingerprint density at radius 2 is 1.61 bits per heavy atom. The molecule has 0 saturated carbocycles. The van der Waals surface area contributed by atoms with Gasteiger partial charge in [-0.3, -0.25) is 4.98 Å². The Bertz CT molecular complexity index is 912. The minimum Gasteiger partial charge on any atom is -0.497 e. The Labute approximate surface area is 164 Å². The average Bonchev–Trinajstić information content (AvgIpc) is 2.74. The second kappa shape index (κ2) is 9.25. The van der Waals surface area contributed by atoms with Crippen molar-refractivity contribution in [2.45, 2.75) is 13.2 Å². The van der Waals surface area contributed by atoms with Crippen LogP contribution in [0.4, 0.5) is 5.82 Å². The molecule has 146 valence electrons. The lowest BCUT2D eigenvalue weighted by atomic mass is 10.0. The monoisotopic (exact) mass is 380 g/mol. The number of aromatic nitrogens is 3. The van der Waals surface area contributed by atoms with Crippen LogP contribution in [0.5, 0.6) is 5.75 Å². The van der Waals surface area contributed by atoms with E-state index in [1.807, 2.05) is 43.5 Å². The summed E-state index contributed by atoms with van der Waals surface area (Å²) < 4.78 is 15.6. The molecule has 3 rings (SSSR count). The molecule has 28 heavy (non-hydrogen) atoms. The molecule has 7 heteroatoms. The Balaban J connectivity index is 1.86. The number of rotatable bonds is 8. The zero-order valence-electron chi connectivity index (χ0n) is 16.5. The summed E-state index contributed by atoms with van der Waals surface area (Å²) in [4.78, 5) is 13.4. The molecule has 0 saturated heterocycles. The molecule has 2 aromatic heterocycles. The van der Waals surface area contributed by atoms with E-state index in [1.54, 1.807) is 27.5 Å². The number of anilines is 1. The van der Waals surface area contributed by atoms with E-state index in [4.69, 9.17) is 14.2 Å². The fraction of sp³-hybridized carbons (Fsp3) is 0.286. The summed E-state index contributed by atoms with van der Waals surface area (Å²) in [7, 11) is 4.85. The summed E-state index contributed by atoms with van der Waals surface area (Å²) in [6.07, 6.45) is 3.28. The van der Waals surface area contributed by atoms with Crippen LogP contribution in [-0.2, 0) is 9.47 Å². The van der Waals surface area contributed by atoms with E-state index < -0.39 is 0 Å². The number of ether oxygens (including phenoxy) is 3. The summed E-state index contributed by atoms with van der Waals surface area (Å²) in [5.74, 6) is 2.19. The molecular formula is C21H24N4O3. The van der Waals surface area contributed by atoms with Gasteiger partial charge in [-0.05, 0) is 30.7 Å². The van der Waals surface area contributed by atoms with E-state index in [-0.39, 0.29) is 6.29 Å². The summed E-state index contributed by atoms with van der Waals surface area (Å²) in [6.45, 7) is 2.34. The van der Waals surface area contributed by atoms with Gasteiger partial charge in [0.05, 0.1) is 19.3 Å². The molecule has 1 N–H and O–H groups in total. The van der Waals surface area contributed by atoms with Gasteiger partial charge >= 0.3 is 0 Å². The maximum atomic E-state index is 5.22. The first-order chi connectivity index (χ1) is 13.6. The van der Waals surface area contributed by atoms with Crippen molar-refractivity contribution in [2.75, 3.05) is 33.2 Å². The van der Waals surface area contributed by atoms with Gasteiger partial charge in [0.2, 0.25) is 0 Å². The van der Waals surface area contributed by atoms with Crippen molar-refractivity contribution in [1.82, 2.24) is 15.0 Å². The molecular weight excluding hydrogens is 356 g/mol. The van der Waals surface area contributed by atoms with Crippen LogP contribution in [0.3, 0.4) is 0 Å². The molecule has 0 fully saturated rings. The molecule has 0 aliphatic heterocycles. The van der Waals surface area contributed by atoms with E-state index in [0.29, 0.717) is 18.2 Å². The number of aryl methyl sites for hydroxylation is 1. The lowest BCUT2D eigenvalue weighted by Gasteiger charge is -2.15. The third kappa shape index (κ3) is 4.82. The SMILES string of the molecule is COc1ccc(-c2cncc(-c3cc(NCC(OC)OC)nc(C)n3)c2)cc1. The standard InChI is InChI=1S/C21H24N4O3/c1-14-24-19(10-20(25-14)23-13-21(27-3)28-4)17-9-16(11-22-12-17)15-5-7-18(26-2)8-6-15/h5-12,21H,13H2,1-4H3,(H,23,24,25). The third-order valence-electron chi connectivity index (χ3n) is 4.27. The molecule has 0 aliphatic carbocycles. The van der Waals surface area contributed by atoms with Gasteiger partial charge in [-0.15, -0.1) is 0 Å². The molecule has 0 aliphatic rings. The van der Waals surface area contributed by atoms with Crippen molar-refractivity contribution in [2.24, 2.45) is 0 Å². The molecule has 0 radical (unpaired) electrons. The van der Waals surface area contributed by atoms with Gasteiger partial charge in [-0.25, -0.2) is 9.97 Å². The van der Waals surface area contributed by atoms with Crippen molar-refractivity contribution < 1.29 is 14.2 Å². The van der Waals surface area contributed by atoms with Crippen molar-refractivity contribution in [1.29, 1.82) is 0 Å². The van der Waals surface area contributed by atoms with Gasteiger partial charge in [0.15, 0.2) is 6.29 Å². The van der Waals surface area contributed by atoms with E-state index in [0.717, 1.165) is 28.1 Å². The molecule has 3 aromatic rings. The first kappa shape index (κ1) is 19.7. The summed E-state index contributed by atoms with van der Waals surface area (Å²) in [6, 6.07) is 11.8. The molecule has 1 aromatic carbocycles. The van der Waals surface area contributed by atoms with Crippen LogP contribution in [0.25, 0.3) is 22.4 Å². The van der Waals surface area contributed by atoms with Crippen molar-refractivity contribution in [3.8, 4) is 28.1 Å². The number of pyridine rings is 1. The van der Waals surface area contributed by atoms with Crippen molar-refractivity contribution in [3.63, 3.8) is 0 Å². The van der Waals surface area contributed by atoms with E-state index in [9.17, 15) is 0 Å². The Hall–Kier alpha value is -3.03. The minimum absolute atomic E-state index is 0.348. The average molecular weight is 380 g/mol. The zero-order chi connectivity index (χ0) is 19.9. The molecule has 0 unspecified atom stereocenters. The lowest BCUT2D eigenvalue weighted by Crippen LogP contribution is -2.24. The van der Waals surface area contributed by atoms with Gasteiger partial charge in [0, 0.05) is 43.8 Å². The second-order valence-electron chi connectivity index (χ2n) is 6.16. The first-order valence-electron chi connectivity index (χ1n) is 8.88. The van der Waals surface area contributed by atoms with E-state index in [1.165, 1.54) is 0 Å². The number of methoxy groups -OCH3 is 3. The highest BCUT2D eigenvalue weighted by Gasteiger charge is 2.09. The first-order valence-corrected chi connectivity index (χ1v) is 8.88. The highest BCUT2D eigenvalue weighted by Crippen LogP contribution is 2.26. The highest BCUT2D eigenvalue weighted by molar-refractivity contribution is 5.71. The number of hydrogen-bond acceptors (Lipinski definition) is 7. The Morgan fingerprint density at radius 3 is 2.29 bits per heavy atom. The van der Waals surface area contributed by atoms with Crippen LogP contribution in [0, 0.1) is 6.92 Å². The van der Waals surface area contributed by atoms with Gasteiger partial charge in [-0.1, -0.05) is 12.1 Å². The molecule has 0 atom stereocenters. The number of hydrogen-bond donors (Lipinski definition) is 1. The smallest absolute Gasteiger partial charge is 0.173 e. The number of benzene rings is 1. The molecule has 0 bridgehead atoms. The maximum absolute atomic E-state index is 5.22. The van der Waals surface area contributed by atoms with Crippen LogP contribution in [0.2, 0.25) is 0 Å². The topological polar surface area (TPSA) is 78.4 Å². The van der Waals surface area contributed by atoms with Crippen molar-refractivity contribution in [3.05, 3.63) is 54.6 Å². The van der Waals surface area contributed by atoms with Gasteiger partial charge in [0.25, 0.3) is 0 Å². The van der Waals surface area contributed by atoms with Crippen LogP contribution in [0.15, 0.2) is 48.8 Å². The largest absolute Gasteiger partial charge is 0.497 e. The molecule has 0 amide bonds. The van der Waals surface area contributed by atoms with Crippen LogP contribution in [-0.4, -0.2) is 49.1 Å². The van der Waals surface area contributed by atoms with Crippen LogP contribution >= 0.6 is 0 Å². The Morgan fingerprint density at radius 1 is 0.893 bits per heavy atom. The van der Waals surface area contributed by atoms with Gasteiger partial charge in [0.1, 0.15) is 17.4 Å².